The number of carbonyl (C=O) groups excluding carboxylic acids is 1. The first-order valence-electron chi connectivity index (χ1n) is 7.94. The van der Waals surface area contributed by atoms with E-state index in [1.807, 2.05) is 6.92 Å². The molecule has 4 unspecified atom stereocenters. The van der Waals surface area contributed by atoms with Crippen LogP contribution in [0.15, 0.2) is 0 Å². The molecular formula is C16H26O4. The molecule has 0 aromatic carbocycles. The van der Waals surface area contributed by atoms with Crippen molar-refractivity contribution in [3.8, 4) is 0 Å². The summed E-state index contributed by atoms with van der Waals surface area (Å²) in [4.78, 5) is 24.1. The van der Waals surface area contributed by atoms with Crippen molar-refractivity contribution in [2.24, 2.45) is 23.2 Å². The van der Waals surface area contributed by atoms with Crippen molar-refractivity contribution in [3.63, 3.8) is 0 Å². The van der Waals surface area contributed by atoms with Crippen LogP contribution in [-0.4, -0.2) is 23.7 Å². The van der Waals surface area contributed by atoms with Crippen molar-refractivity contribution in [2.75, 3.05) is 6.61 Å². The van der Waals surface area contributed by atoms with Crippen LogP contribution < -0.4 is 0 Å². The Balaban J connectivity index is 2.16. The van der Waals surface area contributed by atoms with E-state index >= 15 is 0 Å². The Kier molecular flexibility index (Phi) is 4.71. The Morgan fingerprint density at radius 3 is 2.45 bits per heavy atom. The highest BCUT2D eigenvalue weighted by Gasteiger charge is 2.51. The van der Waals surface area contributed by atoms with E-state index in [9.17, 15) is 14.7 Å². The first-order valence-corrected chi connectivity index (χ1v) is 7.94. The molecular weight excluding hydrogens is 256 g/mol. The van der Waals surface area contributed by atoms with E-state index in [1.54, 1.807) is 6.92 Å². The van der Waals surface area contributed by atoms with Gasteiger partial charge in [-0.25, -0.2) is 0 Å². The molecule has 0 aromatic rings. The third-order valence-corrected chi connectivity index (χ3v) is 5.25. The molecule has 0 amide bonds. The fraction of sp³-hybridized carbons (Fsp3) is 0.875. The number of hydrogen-bond acceptors (Lipinski definition) is 3. The third kappa shape index (κ3) is 2.70. The minimum atomic E-state index is -1.32. The SMILES string of the molecule is CCCC(CC1CC2CCC1C2)(C(=O)O)C(=O)OCC. The van der Waals surface area contributed by atoms with Gasteiger partial charge >= 0.3 is 11.9 Å². The van der Waals surface area contributed by atoms with E-state index in [-0.39, 0.29) is 6.61 Å². The van der Waals surface area contributed by atoms with Crippen LogP contribution in [-0.2, 0) is 14.3 Å². The molecule has 4 heteroatoms. The van der Waals surface area contributed by atoms with Crippen molar-refractivity contribution < 1.29 is 19.4 Å². The zero-order valence-corrected chi connectivity index (χ0v) is 12.6. The molecule has 20 heavy (non-hydrogen) atoms. The molecule has 0 radical (unpaired) electrons. The summed E-state index contributed by atoms with van der Waals surface area (Å²) in [6.07, 6.45) is 6.36. The van der Waals surface area contributed by atoms with E-state index in [0.717, 1.165) is 12.3 Å². The van der Waals surface area contributed by atoms with Gasteiger partial charge in [0, 0.05) is 0 Å². The molecule has 2 saturated carbocycles. The first-order chi connectivity index (χ1) is 9.53. The van der Waals surface area contributed by atoms with Gasteiger partial charge < -0.3 is 9.84 Å². The zero-order chi connectivity index (χ0) is 14.8. The number of hydrogen-bond donors (Lipinski definition) is 1. The van der Waals surface area contributed by atoms with Crippen molar-refractivity contribution in [2.45, 2.75) is 58.8 Å². The van der Waals surface area contributed by atoms with E-state index < -0.39 is 17.4 Å². The highest BCUT2D eigenvalue weighted by Crippen LogP contribution is 2.52. The van der Waals surface area contributed by atoms with Gasteiger partial charge in [0.25, 0.3) is 0 Å². The van der Waals surface area contributed by atoms with Gasteiger partial charge in [-0.3, -0.25) is 9.59 Å². The predicted octanol–water partition coefficient (Wildman–Crippen LogP) is 3.25. The Bertz CT molecular complexity index is 379. The Hall–Kier alpha value is -1.06. The lowest BCUT2D eigenvalue weighted by molar-refractivity contribution is -0.171. The quantitative estimate of drug-likeness (QED) is 0.575. The van der Waals surface area contributed by atoms with Crippen LogP contribution in [0.1, 0.15) is 58.8 Å². The fourth-order valence-electron chi connectivity index (χ4n) is 4.34. The average Bonchev–Trinajstić information content (AvgIpc) is 3.00. The van der Waals surface area contributed by atoms with Crippen LogP contribution in [0, 0.1) is 23.2 Å². The van der Waals surface area contributed by atoms with Crippen LogP contribution in [0.5, 0.6) is 0 Å². The molecule has 1 N–H and O–H groups in total. The average molecular weight is 282 g/mol. The van der Waals surface area contributed by atoms with Crippen molar-refractivity contribution in [1.29, 1.82) is 0 Å². The number of esters is 1. The van der Waals surface area contributed by atoms with Crippen molar-refractivity contribution >= 4 is 11.9 Å². The second kappa shape index (κ2) is 6.15. The van der Waals surface area contributed by atoms with Crippen LogP contribution in [0.2, 0.25) is 0 Å². The summed E-state index contributed by atoms with van der Waals surface area (Å²) >= 11 is 0. The van der Waals surface area contributed by atoms with Gasteiger partial charge in [-0.05, 0) is 56.8 Å². The second-order valence-corrected chi connectivity index (χ2v) is 6.50. The minimum Gasteiger partial charge on any atom is -0.480 e. The fourth-order valence-corrected chi connectivity index (χ4v) is 4.34. The number of carboxylic acid groups (broad SMARTS) is 1. The van der Waals surface area contributed by atoms with E-state index in [2.05, 4.69) is 0 Å². The van der Waals surface area contributed by atoms with Crippen LogP contribution >= 0.6 is 0 Å². The maximum atomic E-state index is 12.3. The van der Waals surface area contributed by atoms with Gasteiger partial charge in [0.2, 0.25) is 0 Å². The van der Waals surface area contributed by atoms with Crippen LogP contribution in [0.4, 0.5) is 0 Å². The van der Waals surface area contributed by atoms with Gasteiger partial charge in [0.05, 0.1) is 6.61 Å². The smallest absolute Gasteiger partial charge is 0.323 e. The summed E-state index contributed by atoms with van der Waals surface area (Å²) in [5.41, 5.74) is -1.32. The number of fused-ring (bicyclic) bond motifs is 2. The highest BCUT2D eigenvalue weighted by molar-refractivity contribution is 5.99. The summed E-state index contributed by atoms with van der Waals surface area (Å²) in [6, 6.07) is 0. The molecule has 114 valence electrons. The first kappa shape index (κ1) is 15.3. The number of carboxylic acids is 1. The Labute approximate surface area is 120 Å². The molecule has 0 aliphatic heterocycles. The van der Waals surface area contributed by atoms with Gasteiger partial charge in [-0.1, -0.05) is 19.8 Å². The summed E-state index contributed by atoms with van der Waals surface area (Å²) in [7, 11) is 0. The van der Waals surface area contributed by atoms with E-state index in [0.29, 0.717) is 31.1 Å². The molecule has 0 spiro atoms. The predicted molar refractivity (Wildman–Crippen MR) is 75.2 cm³/mol. The second-order valence-electron chi connectivity index (χ2n) is 6.50. The molecule has 2 aliphatic rings. The lowest BCUT2D eigenvalue weighted by atomic mass is 9.71. The molecule has 2 rings (SSSR count). The lowest BCUT2D eigenvalue weighted by Crippen LogP contribution is -2.43. The Morgan fingerprint density at radius 2 is 2.00 bits per heavy atom. The maximum absolute atomic E-state index is 12.3. The Morgan fingerprint density at radius 1 is 1.25 bits per heavy atom. The standard InChI is InChI=1S/C16H26O4/c1-3-7-16(14(17)18,15(19)20-4-2)10-13-9-11-5-6-12(13)8-11/h11-13H,3-10H2,1-2H3,(H,17,18). The lowest BCUT2D eigenvalue weighted by Gasteiger charge is -2.32. The molecule has 2 aliphatic carbocycles. The van der Waals surface area contributed by atoms with E-state index in [1.165, 1.54) is 19.3 Å². The van der Waals surface area contributed by atoms with Crippen molar-refractivity contribution in [3.05, 3.63) is 0 Å². The van der Waals surface area contributed by atoms with Gasteiger partial charge in [0.1, 0.15) is 0 Å². The highest BCUT2D eigenvalue weighted by atomic mass is 16.5. The monoisotopic (exact) mass is 282 g/mol. The molecule has 2 fully saturated rings. The topological polar surface area (TPSA) is 63.6 Å². The van der Waals surface area contributed by atoms with Gasteiger partial charge in [-0.15, -0.1) is 0 Å². The van der Waals surface area contributed by atoms with Gasteiger partial charge in [-0.2, -0.15) is 0 Å². The number of carbonyl (C=O) groups is 2. The number of aliphatic carboxylic acids is 1. The molecule has 0 saturated heterocycles. The number of rotatable bonds is 7. The van der Waals surface area contributed by atoms with Crippen LogP contribution in [0.3, 0.4) is 0 Å². The maximum Gasteiger partial charge on any atom is 0.323 e. The third-order valence-electron chi connectivity index (χ3n) is 5.25. The normalized spacial score (nSPS) is 31.0. The summed E-state index contributed by atoms with van der Waals surface area (Å²) in [6.45, 7) is 3.90. The summed E-state index contributed by atoms with van der Waals surface area (Å²) in [5, 5.41) is 9.68. The molecule has 4 atom stereocenters. The molecule has 0 heterocycles. The molecule has 2 bridgehead atoms. The largest absolute Gasteiger partial charge is 0.480 e. The summed E-state index contributed by atoms with van der Waals surface area (Å²) in [5.74, 6) is 0.254. The molecule has 4 nitrogen and oxygen atoms in total. The molecule has 0 aromatic heterocycles. The summed E-state index contributed by atoms with van der Waals surface area (Å²) < 4.78 is 5.09. The zero-order valence-electron chi connectivity index (χ0n) is 12.6. The van der Waals surface area contributed by atoms with E-state index in [4.69, 9.17) is 4.74 Å². The van der Waals surface area contributed by atoms with Gasteiger partial charge in [0.15, 0.2) is 5.41 Å². The van der Waals surface area contributed by atoms with Crippen LogP contribution in [0.25, 0.3) is 0 Å². The van der Waals surface area contributed by atoms with Crippen molar-refractivity contribution in [1.82, 2.24) is 0 Å². The minimum absolute atomic E-state index is 0.244. The number of ether oxygens (including phenoxy) is 1.